The Morgan fingerprint density at radius 2 is 1.92 bits per heavy atom. The molecular weight excluding hydrogens is 462 g/mol. The van der Waals surface area contributed by atoms with Gasteiger partial charge in [0.25, 0.3) is 0 Å². The molecule has 5 rings (SSSR count). The second-order valence-electron chi connectivity index (χ2n) is 10.2. The summed E-state index contributed by atoms with van der Waals surface area (Å²) in [7, 11) is 0. The molecule has 8 nitrogen and oxygen atoms in total. The Kier molecular flexibility index (Phi) is 7.34. The third kappa shape index (κ3) is 5.15. The first-order valence-electron chi connectivity index (χ1n) is 13.0. The third-order valence-electron chi connectivity index (χ3n) is 7.73. The maximum Gasteiger partial charge on any atom is 0.174 e. The zero-order chi connectivity index (χ0) is 25.2. The average molecular weight is 499 g/mol. The van der Waals surface area contributed by atoms with E-state index in [2.05, 4.69) is 44.4 Å². The minimum absolute atomic E-state index is 0.329. The summed E-state index contributed by atoms with van der Waals surface area (Å²) in [5.41, 5.74) is 5.41. The van der Waals surface area contributed by atoms with Crippen molar-refractivity contribution in [2.24, 2.45) is 5.10 Å². The van der Waals surface area contributed by atoms with E-state index in [0.717, 1.165) is 74.0 Å². The van der Waals surface area contributed by atoms with Gasteiger partial charge in [-0.2, -0.15) is 5.10 Å². The summed E-state index contributed by atoms with van der Waals surface area (Å²) in [4.78, 5) is 17.0. The number of hydrogen-bond acceptors (Lipinski definition) is 8. The normalized spacial score (nSPS) is 23.9. The SMILES string of the molecule is CC[C@H]1CN(c2ncc(C3=NNCN3)nc2C)[C@H](C)CN1C1CCN(Cc2ccc(F)c(F)c2)CC1. The number of hydrazone groups is 1. The molecule has 0 aliphatic carbocycles. The lowest BCUT2D eigenvalue weighted by Crippen LogP contribution is -2.61. The first-order chi connectivity index (χ1) is 17.4. The van der Waals surface area contributed by atoms with Gasteiger partial charge < -0.3 is 10.2 Å². The predicted octanol–water partition coefficient (Wildman–Crippen LogP) is 2.83. The van der Waals surface area contributed by atoms with Gasteiger partial charge in [0.05, 0.1) is 11.9 Å². The van der Waals surface area contributed by atoms with Gasteiger partial charge in [0.1, 0.15) is 18.2 Å². The van der Waals surface area contributed by atoms with E-state index in [4.69, 9.17) is 9.97 Å². The number of nitrogens with zero attached hydrogens (tertiary/aromatic N) is 6. The van der Waals surface area contributed by atoms with E-state index in [1.165, 1.54) is 12.1 Å². The number of benzene rings is 1. The predicted molar refractivity (Wildman–Crippen MR) is 137 cm³/mol. The van der Waals surface area contributed by atoms with E-state index in [0.29, 0.717) is 31.3 Å². The summed E-state index contributed by atoms with van der Waals surface area (Å²) in [6.07, 6.45) is 5.06. The highest BCUT2D eigenvalue weighted by atomic mass is 19.2. The van der Waals surface area contributed by atoms with Crippen molar-refractivity contribution in [1.82, 2.24) is 30.5 Å². The van der Waals surface area contributed by atoms with Crippen molar-refractivity contribution in [1.29, 1.82) is 0 Å². The lowest BCUT2D eigenvalue weighted by atomic mass is 9.96. The Morgan fingerprint density at radius 3 is 2.58 bits per heavy atom. The van der Waals surface area contributed by atoms with Gasteiger partial charge in [-0.25, -0.2) is 18.7 Å². The van der Waals surface area contributed by atoms with Crippen LogP contribution in [-0.4, -0.2) is 76.6 Å². The molecule has 0 unspecified atom stereocenters. The molecule has 1 aromatic carbocycles. The van der Waals surface area contributed by atoms with Crippen LogP contribution in [0.5, 0.6) is 0 Å². The molecule has 0 amide bonds. The number of aromatic nitrogens is 2. The number of piperidine rings is 1. The fraction of sp³-hybridized carbons (Fsp3) is 0.577. The number of piperazine rings is 1. The number of amidine groups is 1. The minimum Gasteiger partial charge on any atom is -0.350 e. The van der Waals surface area contributed by atoms with E-state index >= 15 is 0 Å². The van der Waals surface area contributed by atoms with E-state index in [1.54, 1.807) is 6.07 Å². The molecule has 0 spiro atoms. The topological polar surface area (TPSA) is 71.9 Å². The van der Waals surface area contributed by atoms with E-state index < -0.39 is 11.6 Å². The summed E-state index contributed by atoms with van der Waals surface area (Å²) >= 11 is 0. The van der Waals surface area contributed by atoms with Gasteiger partial charge >= 0.3 is 0 Å². The summed E-state index contributed by atoms with van der Waals surface area (Å²) < 4.78 is 26.9. The van der Waals surface area contributed by atoms with Gasteiger partial charge in [-0.1, -0.05) is 13.0 Å². The molecule has 2 N–H and O–H groups in total. The van der Waals surface area contributed by atoms with Gasteiger partial charge in [0.15, 0.2) is 17.5 Å². The highest BCUT2D eigenvalue weighted by molar-refractivity contribution is 5.97. The van der Waals surface area contributed by atoms with Crippen molar-refractivity contribution in [3.63, 3.8) is 0 Å². The van der Waals surface area contributed by atoms with Crippen LogP contribution >= 0.6 is 0 Å². The van der Waals surface area contributed by atoms with E-state index in [-0.39, 0.29) is 0 Å². The van der Waals surface area contributed by atoms with Gasteiger partial charge in [0.2, 0.25) is 0 Å². The van der Waals surface area contributed by atoms with Crippen LogP contribution in [0.2, 0.25) is 0 Å². The number of anilines is 1. The molecule has 2 atom stereocenters. The molecular formula is C26H36F2N8. The monoisotopic (exact) mass is 498 g/mol. The molecule has 2 saturated heterocycles. The third-order valence-corrected chi connectivity index (χ3v) is 7.73. The lowest BCUT2D eigenvalue weighted by molar-refractivity contribution is 0.0505. The first-order valence-corrected chi connectivity index (χ1v) is 13.0. The zero-order valence-corrected chi connectivity index (χ0v) is 21.3. The summed E-state index contributed by atoms with van der Waals surface area (Å²) in [6, 6.07) is 5.55. The number of hydrogen-bond donors (Lipinski definition) is 2. The number of nitrogens with one attached hydrogen (secondary N) is 2. The Labute approximate surface area is 211 Å². The maximum absolute atomic E-state index is 13.6. The number of aryl methyl sites for hydroxylation is 1. The molecule has 10 heteroatoms. The Balaban J connectivity index is 1.21. The second-order valence-corrected chi connectivity index (χ2v) is 10.2. The smallest absolute Gasteiger partial charge is 0.174 e. The highest BCUT2D eigenvalue weighted by Crippen LogP contribution is 2.29. The summed E-state index contributed by atoms with van der Waals surface area (Å²) in [5, 5.41) is 7.39. The van der Waals surface area contributed by atoms with Crippen molar-refractivity contribution in [3.05, 3.63) is 53.0 Å². The Morgan fingerprint density at radius 1 is 1.11 bits per heavy atom. The number of halogens is 2. The van der Waals surface area contributed by atoms with Crippen LogP contribution < -0.4 is 15.6 Å². The average Bonchev–Trinajstić information content (AvgIpc) is 3.42. The van der Waals surface area contributed by atoms with Crippen LogP contribution in [0.3, 0.4) is 0 Å². The van der Waals surface area contributed by atoms with Gasteiger partial charge in [-0.05, 0) is 63.9 Å². The zero-order valence-electron chi connectivity index (χ0n) is 21.3. The second kappa shape index (κ2) is 10.6. The van der Waals surface area contributed by atoms with Crippen LogP contribution in [0.15, 0.2) is 29.5 Å². The minimum atomic E-state index is -0.786. The number of rotatable bonds is 6. The molecule has 0 bridgehead atoms. The van der Waals surface area contributed by atoms with Crippen molar-refractivity contribution < 1.29 is 8.78 Å². The van der Waals surface area contributed by atoms with Crippen LogP contribution in [-0.2, 0) is 6.54 Å². The standard InChI is InChI=1S/C26H36F2N8/c1-4-20-15-35(26-18(3)32-24(12-29-26)25-30-16-31-33-25)17(2)13-36(20)21-7-9-34(10-8-21)14-19-5-6-22(27)23(28)11-19/h5-6,11-12,17,20-21,31H,4,7-10,13-16H2,1-3H3,(H,30,33)/t17-,20+/m1/s1. The van der Waals surface area contributed by atoms with Crippen molar-refractivity contribution >= 4 is 11.7 Å². The largest absolute Gasteiger partial charge is 0.350 e. The quantitative estimate of drug-likeness (QED) is 0.635. The molecule has 2 fully saturated rings. The van der Waals surface area contributed by atoms with Crippen molar-refractivity contribution in [3.8, 4) is 0 Å². The van der Waals surface area contributed by atoms with E-state index in [9.17, 15) is 8.78 Å². The summed E-state index contributed by atoms with van der Waals surface area (Å²) in [6.45, 7) is 11.7. The molecule has 3 aliphatic rings. The van der Waals surface area contributed by atoms with Gasteiger partial charge in [-0.15, -0.1) is 0 Å². The maximum atomic E-state index is 13.6. The van der Waals surface area contributed by atoms with Gasteiger partial charge in [-0.3, -0.25) is 15.2 Å². The molecule has 3 aliphatic heterocycles. The molecule has 0 radical (unpaired) electrons. The van der Waals surface area contributed by atoms with Crippen LogP contribution in [0.1, 0.15) is 50.1 Å². The fourth-order valence-electron chi connectivity index (χ4n) is 5.78. The first kappa shape index (κ1) is 24.8. The molecule has 1 aromatic heterocycles. The molecule has 4 heterocycles. The number of likely N-dealkylation sites (tertiary alicyclic amines) is 1. The van der Waals surface area contributed by atoms with Crippen molar-refractivity contribution in [2.45, 2.75) is 64.7 Å². The van der Waals surface area contributed by atoms with Crippen molar-refractivity contribution in [2.75, 3.05) is 37.7 Å². The molecule has 194 valence electrons. The van der Waals surface area contributed by atoms with Gasteiger partial charge in [0, 0.05) is 37.8 Å². The Hall–Kier alpha value is -2.85. The molecule has 0 saturated carbocycles. The lowest BCUT2D eigenvalue weighted by Gasteiger charge is -2.50. The van der Waals surface area contributed by atoms with Crippen LogP contribution in [0.25, 0.3) is 0 Å². The van der Waals surface area contributed by atoms with Crippen LogP contribution in [0, 0.1) is 18.6 Å². The van der Waals surface area contributed by atoms with Crippen LogP contribution in [0.4, 0.5) is 14.6 Å². The fourth-order valence-corrected chi connectivity index (χ4v) is 5.78. The Bertz CT molecular complexity index is 1100. The molecule has 2 aromatic rings. The van der Waals surface area contributed by atoms with E-state index in [1.807, 2.05) is 13.1 Å². The highest BCUT2D eigenvalue weighted by Gasteiger charge is 2.37. The molecule has 36 heavy (non-hydrogen) atoms. The summed E-state index contributed by atoms with van der Waals surface area (Å²) in [5.74, 6) is 0.135.